The number of ether oxygens (including phenoxy) is 2. The fraction of sp³-hybridized carbons (Fsp3) is 0.562. The molecule has 0 bridgehead atoms. The van der Waals surface area contributed by atoms with E-state index in [2.05, 4.69) is 5.32 Å². The van der Waals surface area contributed by atoms with Crippen LogP contribution in [0.15, 0.2) is 18.2 Å². The minimum atomic E-state index is -0.141. The number of amides is 1. The van der Waals surface area contributed by atoms with Gasteiger partial charge in [0.15, 0.2) is 6.61 Å². The highest BCUT2D eigenvalue weighted by Gasteiger charge is 2.13. The zero-order valence-corrected chi connectivity index (χ0v) is 14.0. The van der Waals surface area contributed by atoms with Crippen molar-refractivity contribution in [1.82, 2.24) is 5.32 Å². The third-order valence-electron chi connectivity index (χ3n) is 3.70. The van der Waals surface area contributed by atoms with Crippen LogP contribution in [0, 0.1) is 5.92 Å². The van der Waals surface area contributed by atoms with Crippen LogP contribution in [0.3, 0.4) is 0 Å². The van der Waals surface area contributed by atoms with Gasteiger partial charge in [0.2, 0.25) is 0 Å². The molecule has 0 unspecified atom stereocenters. The van der Waals surface area contributed by atoms with Gasteiger partial charge in [-0.15, -0.1) is 0 Å². The summed E-state index contributed by atoms with van der Waals surface area (Å²) < 4.78 is 10.7. The average molecular weight is 346 g/mol. The van der Waals surface area contributed by atoms with Gasteiger partial charge in [-0.3, -0.25) is 4.79 Å². The Morgan fingerprint density at radius 3 is 2.82 bits per heavy atom. The van der Waals surface area contributed by atoms with Crippen molar-refractivity contribution in [3.05, 3.63) is 28.2 Å². The summed E-state index contributed by atoms with van der Waals surface area (Å²) in [5.74, 6) is 1.05. The molecular formula is C16H21Cl2NO3. The molecule has 1 fully saturated rings. The first kappa shape index (κ1) is 17.4. The van der Waals surface area contributed by atoms with E-state index in [1.165, 1.54) is 0 Å². The average Bonchev–Trinajstić information content (AvgIpc) is 2.52. The van der Waals surface area contributed by atoms with E-state index >= 15 is 0 Å². The van der Waals surface area contributed by atoms with Crippen LogP contribution in [-0.4, -0.2) is 32.3 Å². The maximum absolute atomic E-state index is 11.7. The van der Waals surface area contributed by atoms with Crippen molar-refractivity contribution in [3.8, 4) is 5.75 Å². The number of hydrogen-bond donors (Lipinski definition) is 1. The molecule has 122 valence electrons. The Kier molecular flexibility index (Phi) is 7.30. The summed E-state index contributed by atoms with van der Waals surface area (Å²) in [6, 6.07) is 4.92. The Hall–Kier alpha value is -0.970. The number of carbonyl (C=O) groups is 1. The molecule has 0 aliphatic carbocycles. The van der Waals surface area contributed by atoms with Crippen molar-refractivity contribution < 1.29 is 14.3 Å². The van der Waals surface area contributed by atoms with Gasteiger partial charge in [0, 0.05) is 24.8 Å². The summed E-state index contributed by atoms with van der Waals surface area (Å²) >= 11 is 11.8. The molecule has 1 saturated heterocycles. The Balaban J connectivity index is 1.59. The van der Waals surface area contributed by atoms with E-state index in [4.69, 9.17) is 32.7 Å². The van der Waals surface area contributed by atoms with Crippen molar-refractivity contribution in [2.24, 2.45) is 5.92 Å². The second kappa shape index (κ2) is 9.23. The lowest BCUT2D eigenvalue weighted by atomic mass is 9.95. The topological polar surface area (TPSA) is 47.6 Å². The van der Waals surface area contributed by atoms with E-state index in [0.29, 0.717) is 22.3 Å². The van der Waals surface area contributed by atoms with E-state index in [9.17, 15) is 4.79 Å². The third kappa shape index (κ3) is 6.03. The molecule has 1 aromatic rings. The fourth-order valence-corrected chi connectivity index (χ4v) is 2.90. The third-order valence-corrected chi connectivity index (χ3v) is 4.24. The molecule has 0 aromatic heterocycles. The molecule has 1 heterocycles. The van der Waals surface area contributed by atoms with Crippen LogP contribution >= 0.6 is 23.2 Å². The van der Waals surface area contributed by atoms with Gasteiger partial charge in [-0.05, 0) is 49.8 Å². The Morgan fingerprint density at radius 2 is 2.09 bits per heavy atom. The molecule has 1 amide bonds. The molecule has 4 nitrogen and oxygen atoms in total. The maximum Gasteiger partial charge on any atom is 0.257 e. The molecule has 2 rings (SSSR count). The predicted octanol–water partition coefficient (Wildman–Crippen LogP) is 3.70. The van der Waals surface area contributed by atoms with E-state index in [-0.39, 0.29) is 12.5 Å². The van der Waals surface area contributed by atoms with Crippen molar-refractivity contribution >= 4 is 29.1 Å². The fourth-order valence-electron chi connectivity index (χ4n) is 2.44. The first-order valence-electron chi connectivity index (χ1n) is 7.57. The van der Waals surface area contributed by atoms with Gasteiger partial charge in [-0.2, -0.15) is 0 Å². The molecular weight excluding hydrogens is 325 g/mol. The predicted molar refractivity (Wildman–Crippen MR) is 87.7 cm³/mol. The summed E-state index contributed by atoms with van der Waals surface area (Å²) in [7, 11) is 0. The quantitative estimate of drug-likeness (QED) is 0.766. The van der Waals surface area contributed by atoms with Gasteiger partial charge in [0.05, 0.1) is 5.02 Å². The molecule has 0 atom stereocenters. The number of carbonyl (C=O) groups excluding carboxylic acids is 1. The normalized spacial score (nSPS) is 15.5. The molecule has 6 heteroatoms. The number of benzene rings is 1. The zero-order chi connectivity index (χ0) is 15.8. The summed E-state index contributed by atoms with van der Waals surface area (Å²) in [5.41, 5.74) is 0. The van der Waals surface area contributed by atoms with E-state index in [1.54, 1.807) is 18.2 Å². The largest absolute Gasteiger partial charge is 0.482 e. The summed E-state index contributed by atoms with van der Waals surface area (Å²) in [6.07, 6.45) is 4.38. The van der Waals surface area contributed by atoms with Gasteiger partial charge in [0.25, 0.3) is 5.91 Å². The van der Waals surface area contributed by atoms with Crippen LogP contribution in [0.25, 0.3) is 0 Å². The Labute approximate surface area is 141 Å². The zero-order valence-electron chi connectivity index (χ0n) is 12.4. The first-order chi connectivity index (χ1) is 10.6. The summed E-state index contributed by atoms with van der Waals surface area (Å²) in [6.45, 7) is 2.37. The van der Waals surface area contributed by atoms with Crippen molar-refractivity contribution in [1.29, 1.82) is 0 Å². The molecule has 0 spiro atoms. The van der Waals surface area contributed by atoms with Gasteiger partial charge in [-0.25, -0.2) is 0 Å². The van der Waals surface area contributed by atoms with Crippen LogP contribution in [0.2, 0.25) is 10.0 Å². The Bertz CT molecular complexity index is 490. The van der Waals surface area contributed by atoms with Crippen LogP contribution in [0.4, 0.5) is 0 Å². The van der Waals surface area contributed by atoms with Crippen LogP contribution in [-0.2, 0) is 9.53 Å². The molecule has 1 aliphatic rings. The van der Waals surface area contributed by atoms with Crippen LogP contribution in [0.5, 0.6) is 5.75 Å². The maximum atomic E-state index is 11.7. The molecule has 1 aliphatic heterocycles. The van der Waals surface area contributed by atoms with Crippen molar-refractivity contribution in [3.63, 3.8) is 0 Å². The second-order valence-corrected chi connectivity index (χ2v) is 6.25. The highest BCUT2D eigenvalue weighted by molar-refractivity contribution is 6.35. The lowest BCUT2D eigenvalue weighted by Gasteiger charge is -2.21. The van der Waals surface area contributed by atoms with Gasteiger partial charge < -0.3 is 14.8 Å². The molecule has 1 N–H and O–H groups in total. The molecule has 22 heavy (non-hydrogen) atoms. The number of halogens is 2. The highest BCUT2D eigenvalue weighted by Crippen LogP contribution is 2.27. The summed E-state index contributed by atoms with van der Waals surface area (Å²) in [4.78, 5) is 11.7. The Morgan fingerprint density at radius 1 is 1.32 bits per heavy atom. The van der Waals surface area contributed by atoms with Crippen molar-refractivity contribution in [2.75, 3.05) is 26.4 Å². The van der Waals surface area contributed by atoms with E-state index < -0.39 is 0 Å². The van der Waals surface area contributed by atoms with Crippen LogP contribution in [0.1, 0.15) is 25.7 Å². The molecule has 0 radical (unpaired) electrons. The smallest absolute Gasteiger partial charge is 0.257 e. The molecule has 0 saturated carbocycles. The van der Waals surface area contributed by atoms with Crippen LogP contribution < -0.4 is 10.1 Å². The first-order valence-corrected chi connectivity index (χ1v) is 8.33. The van der Waals surface area contributed by atoms with E-state index in [1.807, 2.05) is 0 Å². The molecule has 1 aromatic carbocycles. The second-order valence-electron chi connectivity index (χ2n) is 5.41. The highest BCUT2D eigenvalue weighted by atomic mass is 35.5. The SMILES string of the molecule is O=C(COc1ccc(Cl)cc1Cl)NCCCC1CCOCC1. The van der Waals surface area contributed by atoms with Gasteiger partial charge in [0.1, 0.15) is 5.75 Å². The number of nitrogens with one attached hydrogen (secondary N) is 1. The number of rotatable bonds is 7. The number of hydrogen-bond acceptors (Lipinski definition) is 3. The van der Waals surface area contributed by atoms with Crippen molar-refractivity contribution in [2.45, 2.75) is 25.7 Å². The lowest BCUT2D eigenvalue weighted by Crippen LogP contribution is -2.30. The monoisotopic (exact) mass is 345 g/mol. The van der Waals surface area contributed by atoms with Gasteiger partial charge in [-0.1, -0.05) is 23.2 Å². The minimum absolute atomic E-state index is 0.0430. The summed E-state index contributed by atoms with van der Waals surface area (Å²) in [5, 5.41) is 3.80. The van der Waals surface area contributed by atoms with Gasteiger partial charge >= 0.3 is 0 Å². The standard InChI is InChI=1S/C16H21Cl2NO3/c17-13-3-4-15(14(18)10-13)22-11-16(20)19-7-1-2-12-5-8-21-9-6-12/h3-4,10,12H,1-2,5-9,11H2,(H,19,20). The lowest BCUT2D eigenvalue weighted by molar-refractivity contribution is -0.123. The van der Waals surface area contributed by atoms with E-state index in [0.717, 1.165) is 44.8 Å². The minimum Gasteiger partial charge on any atom is -0.482 e.